The highest BCUT2D eigenvalue weighted by molar-refractivity contribution is 6.31. The van der Waals surface area contributed by atoms with E-state index in [-0.39, 0.29) is 5.91 Å². The van der Waals surface area contributed by atoms with Gasteiger partial charge in [0.15, 0.2) is 0 Å². The highest BCUT2D eigenvalue weighted by Gasteiger charge is 2.33. The molecule has 2 rings (SSSR count). The van der Waals surface area contributed by atoms with Crippen LogP contribution in [0.4, 0.5) is 0 Å². The monoisotopic (exact) mass is 262 g/mol. The Morgan fingerprint density at radius 1 is 1.56 bits per heavy atom. The quantitative estimate of drug-likeness (QED) is 0.837. The van der Waals surface area contributed by atoms with Crippen molar-refractivity contribution in [3.63, 3.8) is 0 Å². The van der Waals surface area contributed by atoms with Crippen molar-refractivity contribution in [2.45, 2.75) is 32.2 Å². The fourth-order valence-corrected chi connectivity index (χ4v) is 2.18. The molecule has 0 spiro atoms. The Balaban J connectivity index is 2.22. The Kier molecular flexibility index (Phi) is 3.88. The summed E-state index contributed by atoms with van der Waals surface area (Å²) in [5, 5.41) is 9.27. The van der Waals surface area contributed by atoms with Gasteiger partial charge in [0.05, 0.1) is 12.5 Å². The minimum Gasteiger partial charge on any atom is -0.335 e. The molecule has 0 heterocycles. The summed E-state index contributed by atoms with van der Waals surface area (Å²) < 4.78 is 0. The molecule has 1 aromatic carbocycles. The largest absolute Gasteiger partial charge is 0.335 e. The first-order valence-corrected chi connectivity index (χ1v) is 6.46. The number of nitriles is 1. The molecule has 1 amide bonds. The van der Waals surface area contributed by atoms with Crippen molar-refractivity contribution < 1.29 is 4.79 Å². The Bertz CT molecular complexity index is 503. The lowest BCUT2D eigenvalue weighted by atomic mass is 10.1. The zero-order valence-corrected chi connectivity index (χ0v) is 11.1. The van der Waals surface area contributed by atoms with Gasteiger partial charge in [-0.05, 0) is 37.5 Å². The van der Waals surface area contributed by atoms with Crippen LogP contribution in [0.25, 0.3) is 0 Å². The van der Waals surface area contributed by atoms with E-state index in [4.69, 9.17) is 16.9 Å². The van der Waals surface area contributed by atoms with Crippen molar-refractivity contribution in [3.8, 4) is 6.07 Å². The van der Waals surface area contributed by atoms with Gasteiger partial charge in [-0.15, -0.1) is 0 Å². The van der Waals surface area contributed by atoms with E-state index < -0.39 is 0 Å². The minimum atomic E-state index is -0.00671. The van der Waals surface area contributed by atoms with Crippen LogP contribution in [0.2, 0.25) is 5.02 Å². The number of hydrogen-bond acceptors (Lipinski definition) is 2. The van der Waals surface area contributed by atoms with E-state index >= 15 is 0 Å². The van der Waals surface area contributed by atoms with Gasteiger partial charge in [0, 0.05) is 23.2 Å². The number of halogens is 1. The second-order valence-electron chi connectivity index (χ2n) is 4.55. The van der Waals surface area contributed by atoms with Crippen LogP contribution >= 0.6 is 11.6 Å². The molecule has 0 unspecified atom stereocenters. The lowest BCUT2D eigenvalue weighted by Crippen LogP contribution is -2.34. The smallest absolute Gasteiger partial charge is 0.254 e. The zero-order valence-electron chi connectivity index (χ0n) is 10.3. The molecule has 4 heteroatoms. The molecule has 0 atom stereocenters. The molecule has 1 aliphatic rings. The lowest BCUT2D eigenvalue weighted by molar-refractivity contribution is 0.0746. The topological polar surface area (TPSA) is 44.1 Å². The van der Waals surface area contributed by atoms with Gasteiger partial charge in [-0.1, -0.05) is 17.7 Å². The molecular weight excluding hydrogens is 248 g/mol. The third kappa shape index (κ3) is 2.65. The molecule has 0 N–H and O–H groups in total. The first kappa shape index (κ1) is 12.9. The molecule has 18 heavy (non-hydrogen) atoms. The van der Waals surface area contributed by atoms with Crippen LogP contribution in [0.15, 0.2) is 18.2 Å². The first-order valence-electron chi connectivity index (χ1n) is 6.08. The Morgan fingerprint density at radius 2 is 2.28 bits per heavy atom. The van der Waals surface area contributed by atoms with Gasteiger partial charge in [-0.25, -0.2) is 0 Å². The molecule has 1 aromatic rings. The van der Waals surface area contributed by atoms with E-state index in [9.17, 15) is 4.79 Å². The average Bonchev–Trinajstić information content (AvgIpc) is 3.17. The predicted molar refractivity (Wildman–Crippen MR) is 70.5 cm³/mol. The molecule has 0 saturated heterocycles. The van der Waals surface area contributed by atoms with Crippen molar-refractivity contribution in [2.24, 2.45) is 0 Å². The molecule has 0 bridgehead atoms. The van der Waals surface area contributed by atoms with Crippen LogP contribution in [-0.2, 0) is 0 Å². The van der Waals surface area contributed by atoms with E-state index in [1.54, 1.807) is 18.2 Å². The highest BCUT2D eigenvalue weighted by atomic mass is 35.5. The summed E-state index contributed by atoms with van der Waals surface area (Å²) >= 11 is 6.04. The summed E-state index contributed by atoms with van der Waals surface area (Å²) in [6, 6.07) is 7.77. The van der Waals surface area contributed by atoms with Gasteiger partial charge in [0.25, 0.3) is 5.91 Å². The predicted octanol–water partition coefficient (Wildman–Crippen LogP) is 3.17. The lowest BCUT2D eigenvalue weighted by Gasteiger charge is -2.22. The molecule has 0 aliphatic heterocycles. The number of rotatable bonds is 4. The molecule has 0 aromatic heterocycles. The summed E-state index contributed by atoms with van der Waals surface area (Å²) in [6.45, 7) is 2.36. The average molecular weight is 263 g/mol. The number of benzene rings is 1. The van der Waals surface area contributed by atoms with Gasteiger partial charge in [-0.2, -0.15) is 5.26 Å². The number of carbonyl (C=O) groups excluding carboxylic acids is 1. The maximum Gasteiger partial charge on any atom is 0.254 e. The molecule has 1 fully saturated rings. The highest BCUT2D eigenvalue weighted by Crippen LogP contribution is 2.29. The number of nitrogens with zero attached hydrogens (tertiary/aromatic N) is 2. The second-order valence-corrected chi connectivity index (χ2v) is 4.96. The summed E-state index contributed by atoms with van der Waals surface area (Å²) in [5.74, 6) is -0.00671. The molecular formula is C14H15ClN2O. The molecule has 1 saturated carbocycles. The van der Waals surface area contributed by atoms with Crippen LogP contribution < -0.4 is 0 Å². The van der Waals surface area contributed by atoms with Gasteiger partial charge < -0.3 is 4.90 Å². The number of hydrogen-bond donors (Lipinski definition) is 0. The standard InChI is InChI=1S/C14H15ClN2O/c1-10-12(4-2-5-13(10)15)14(18)17(9-3-8-16)11-6-7-11/h2,4-5,11H,3,6-7,9H2,1H3. The number of carbonyl (C=O) groups is 1. The summed E-state index contributed by atoms with van der Waals surface area (Å²) in [6.07, 6.45) is 2.45. The molecule has 3 nitrogen and oxygen atoms in total. The van der Waals surface area contributed by atoms with Gasteiger partial charge in [0.1, 0.15) is 0 Å². The third-order valence-corrected chi connectivity index (χ3v) is 3.62. The minimum absolute atomic E-state index is 0.00671. The normalized spacial score (nSPS) is 14.1. The fraction of sp³-hybridized carbons (Fsp3) is 0.429. The summed E-state index contributed by atoms with van der Waals surface area (Å²) in [4.78, 5) is 14.3. The summed E-state index contributed by atoms with van der Waals surface area (Å²) in [5.41, 5.74) is 1.46. The summed E-state index contributed by atoms with van der Waals surface area (Å²) in [7, 11) is 0. The Hall–Kier alpha value is -1.53. The maximum absolute atomic E-state index is 12.5. The van der Waals surface area contributed by atoms with Crippen molar-refractivity contribution in [3.05, 3.63) is 34.3 Å². The van der Waals surface area contributed by atoms with E-state index in [0.29, 0.717) is 29.6 Å². The van der Waals surface area contributed by atoms with Crippen LogP contribution in [0.1, 0.15) is 35.2 Å². The van der Waals surface area contributed by atoms with Crippen LogP contribution in [-0.4, -0.2) is 23.4 Å². The SMILES string of the molecule is Cc1c(Cl)cccc1C(=O)N(CCC#N)C1CC1. The van der Waals surface area contributed by atoms with Gasteiger partial charge in [0.2, 0.25) is 0 Å². The first-order chi connectivity index (χ1) is 8.65. The van der Waals surface area contributed by atoms with E-state index in [0.717, 1.165) is 18.4 Å². The Labute approximate surface area is 112 Å². The fourth-order valence-electron chi connectivity index (χ4n) is 2.00. The van der Waals surface area contributed by atoms with Crippen molar-refractivity contribution >= 4 is 17.5 Å². The van der Waals surface area contributed by atoms with E-state index in [1.807, 2.05) is 11.8 Å². The Morgan fingerprint density at radius 3 is 2.89 bits per heavy atom. The maximum atomic E-state index is 12.5. The van der Waals surface area contributed by atoms with E-state index in [2.05, 4.69) is 6.07 Å². The molecule has 0 radical (unpaired) electrons. The van der Waals surface area contributed by atoms with E-state index in [1.165, 1.54) is 0 Å². The van der Waals surface area contributed by atoms with Crippen LogP contribution in [0, 0.1) is 18.3 Å². The van der Waals surface area contributed by atoms with Crippen LogP contribution in [0.3, 0.4) is 0 Å². The van der Waals surface area contributed by atoms with Crippen molar-refractivity contribution in [2.75, 3.05) is 6.54 Å². The van der Waals surface area contributed by atoms with Gasteiger partial charge >= 0.3 is 0 Å². The van der Waals surface area contributed by atoms with Gasteiger partial charge in [-0.3, -0.25) is 4.79 Å². The number of amides is 1. The van der Waals surface area contributed by atoms with Crippen molar-refractivity contribution in [1.29, 1.82) is 5.26 Å². The molecule has 94 valence electrons. The third-order valence-electron chi connectivity index (χ3n) is 3.21. The molecule has 1 aliphatic carbocycles. The van der Waals surface area contributed by atoms with Crippen LogP contribution in [0.5, 0.6) is 0 Å². The zero-order chi connectivity index (χ0) is 13.1. The second kappa shape index (κ2) is 5.41. The van der Waals surface area contributed by atoms with Crippen molar-refractivity contribution in [1.82, 2.24) is 4.90 Å².